The predicted octanol–water partition coefficient (Wildman–Crippen LogP) is 3.38. The molecule has 4 rings (SSSR count). The Bertz CT molecular complexity index is 883. The molecule has 1 aliphatic rings. The average molecular weight is 317 g/mol. The second-order valence-corrected chi connectivity index (χ2v) is 6.14. The molecule has 4 heteroatoms. The third kappa shape index (κ3) is 2.50. The zero-order valence-electron chi connectivity index (χ0n) is 13.6. The van der Waals surface area contributed by atoms with Crippen molar-refractivity contribution in [1.82, 2.24) is 14.7 Å². The van der Waals surface area contributed by atoms with E-state index in [2.05, 4.69) is 23.3 Å². The van der Waals surface area contributed by atoms with Gasteiger partial charge in [0.1, 0.15) is 0 Å². The monoisotopic (exact) mass is 317 g/mol. The smallest absolute Gasteiger partial charge is 0.257 e. The summed E-state index contributed by atoms with van der Waals surface area (Å²) in [6.45, 7) is 3.38. The molecule has 0 N–H and O–H groups in total. The van der Waals surface area contributed by atoms with E-state index in [1.54, 1.807) is 6.20 Å². The molecule has 1 aromatic heterocycles. The molecule has 1 aliphatic heterocycles. The molecule has 0 unspecified atom stereocenters. The number of fused-ring (bicyclic) bond motifs is 1. The average Bonchev–Trinajstić information content (AvgIpc) is 3.03. The summed E-state index contributed by atoms with van der Waals surface area (Å²) in [6.07, 6.45) is 2.60. The number of carbonyl (C=O) groups excluding carboxylic acids is 1. The molecule has 0 aliphatic carbocycles. The molecule has 2 aromatic carbocycles. The molecule has 24 heavy (non-hydrogen) atoms. The van der Waals surface area contributed by atoms with Gasteiger partial charge in [-0.05, 0) is 36.6 Å². The zero-order chi connectivity index (χ0) is 16.5. The highest BCUT2D eigenvalue weighted by Gasteiger charge is 2.24. The molecule has 120 valence electrons. The Morgan fingerprint density at radius 3 is 2.50 bits per heavy atom. The maximum Gasteiger partial charge on any atom is 0.257 e. The number of nitrogens with zero attached hydrogens (tertiary/aromatic N) is 3. The molecule has 0 fully saturated rings. The fourth-order valence-electron chi connectivity index (χ4n) is 3.29. The van der Waals surface area contributed by atoms with Crippen LogP contribution in [0, 0.1) is 6.92 Å². The largest absolute Gasteiger partial charge is 0.334 e. The van der Waals surface area contributed by atoms with Gasteiger partial charge in [0.25, 0.3) is 5.91 Å². The number of benzene rings is 2. The lowest BCUT2D eigenvalue weighted by atomic mass is 9.99. The fraction of sp³-hybridized carbons (Fsp3) is 0.200. The molecule has 0 atom stereocenters. The molecule has 0 bridgehead atoms. The summed E-state index contributed by atoms with van der Waals surface area (Å²) in [4.78, 5) is 14.9. The Labute approximate surface area is 141 Å². The van der Waals surface area contributed by atoms with E-state index in [0.717, 1.165) is 24.3 Å². The van der Waals surface area contributed by atoms with Crippen LogP contribution in [0.1, 0.15) is 27.2 Å². The zero-order valence-corrected chi connectivity index (χ0v) is 13.6. The van der Waals surface area contributed by atoms with Crippen LogP contribution in [0.25, 0.3) is 5.69 Å². The van der Waals surface area contributed by atoms with Crippen molar-refractivity contribution >= 4 is 5.91 Å². The van der Waals surface area contributed by atoms with E-state index in [-0.39, 0.29) is 5.91 Å². The predicted molar refractivity (Wildman–Crippen MR) is 93.2 cm³/mol. The number of hydrogen-bond donors (Lipinski definition) is 0. The first-order chi connectivity index (χ1) is 11.7. The maximum absolute atomic E-state index is 12.9. The molecule has 2 heterocycles. The minimum Gasteiger partial charge on any atom is -0.334 e. The van der Waals surface area contributed by atoms with Crippen molar-refractivity contribution in [3.8, 4) is 5.69 Å². The van der Waals surface area contributed by atoms with Crippen LogP contribution in [0.2, 0.25) is 0 Å². The van der Waals surface area contributed by atoms with E-state index in [9.17, 15) is 4.79 Å². The van der Waals surface area contributed by atoms with Crippen molar-refractivity contribution in [2.45, 2.75) is 19.9 Å². The lowest BCUT2D eigenvalue weighted by Gasteiger charge is -2.28. The van der Waals surface area contributed by atoms with Gasteiger partial charge in [0.2, 0.25) is 0 Å². The second kappa shape index (κ2) is 5.96. The van der Waals surface area contributed by atoms with Crippen LogP contribution in [0.4, 0.5) is 0 Å². The van der Waals surface area contributed by atoms with Gasteiger partial charge in [-0.2, -0.15) is 5.10 Å². The topological polar surface area (TPSA) is 38.1 Å². The maximum atomic E-state index is 12.9. The Morgan fingerprint density at radius 2 is 1.71 bits per heavy atom. The van der Waals surface area contributed by atoms with Crippen LogP contribution in [0.5, 0.6) is 0 Å². The molecular formula is C20H19N3O. The quantitative estimate of drug-likeness (QED) is 0.727. The first kappa shape index (κ1) is 14.7. The Kier molecular flexibility index (Phi) is 3.65. The summed E-state index contributed by atoms with van der Waals surface area (Å²) >= 11 is 0. The highest BCUT2D eigenvalue weighted by Crippen LogP contribution is 2.22. The van der Waals surface area contributed by atoms with Crippen LogP contribution in [0.15, 0.2) is 60.8 Å². The standard InChI is InChI=1S/C20H19N3O/c1-15-19(13-21-23(15)18-9-3-2-4-10-18)20(24)22-12-11-16-7-5-6-8-17(16)14-22/h2-10,13H,11-12,14H2,1H3. The van der Waals surface area contributed by atoms with Crippen molar-refractivity contribution in [3.05, 3.63) is 83.2 Å². The number of carbonyl (C=O) groups is 1. The minimum absolute atomic E-state index is 0.0594. The lowest BCUT2D eigenvalue weighted by Crippen LogP contribution is -2.36. The van der Waals surface area contributed by atoms with E-state index in [0.29, 0.717) is 12.1 Å². The molecule has 3 aromatic rings. The van der Waals surface area contributed by atoms with Gasteiger partial charge >= 0.3 is 0 Å². The Hall–Kier alpha value is -2.88. The first-order valence-corrected chi connectivity index (χ1v) is 8.20. The SMILES string of the molecule is Cc1c(C(=O)N2CCc3ccccc3C2)cnn1-c1ccccc1. The van der Waals surface area contributed by atoms with Crippen LogP contribution in [-0.2, 0) is 13.0 Å². The van der Waals surface area contributed by atoms with Crippen LogP contribution < -0.4 is 0 Å². The Balaban J connectivity index is 1.61. The molecule has 0 saturated carbocycles. The third-order valence-corrected chi connectivity index (χ3v) is 4.66. The normalized spacial score (nSPS) is 13.6. The van der Waals surface area contributed by atoms with Crippen molar-refractivity contribution in [1.29, 1.82) is 0 Å². The second-order valence-electron chi connectivity index (χ2n) is 6.14. The number of aromatic nitrogens is 2. The number of hydrogen-bond acceptors (Lipinski definition) is 2. The van der Waals surface area contributed by atoms with Gasteiger partial charge in [-0.1, -0.05) is 42.5 Å². The minimum atomic E-state index is 0.0594. The molecular weight excluding hydrogens is 298 g/mol. The summed E-state index contributed by atoms with van der Waals surface area (Å²) < 4.78 is 1.82. The van der Waals surface area contributed by atoms with Crippen LogP contribution >= 0.6 is 0 Å². The summed E-state index contributed by atoms with van der Waals surface area (Å²) in [6, 6.07) is 18.2. The van der Waals surface area contributed by atoms with Crippen LogP contribution in [-0.4, -0.2) is 27.1 Å². The molecule has 0 radical (unpaired) electrons. The highest BCUT2D eigenvalue weighted by atomic mass is 16.2. The highest BCUT2D eigenvalue weighted by molar-refractivity contribution is 5.95. The van der Waals surface area contributed by atoms with Gasteiger partial charge in [-0.15, -0.1) is 0 Å². The summed E-state index contributed by atoms with van der Waals surface area (Å²) in [7, 11) is 0. The van der Waals surface area contributed by atoms with E-state index >= 15 is 0 Å². The van der Waals surface area contributed by atoms with Gasteiger partial charge in [-0.25, -0.2) is 4.68 Å². The Morgan fingerprint density at radius 1 is 1.00 bits per heavy atom. The summed E-state index contributed by atoms with van der Waals surface area (Å²) in [5.74, 6) is 0.0594. The van der Waals surface area contributed by atoms with Gasteiger partial charge in [0.05, 0.1) is 23.1 Å². The molecule has 1 amide bonds. The third-order valence-electron chi connectivity index (χ3n) is 4.66. The van der Waals surface area contributed by atoms with E-state index in [1.165, 1.54) is 11.1 Å². The van der Waals surface area contributed by atoms with Gasteiger partial charge < -0.3 is 4.90 Å². The summed E-state index contributed by atoms with van der Waals surface area (Å²) in [5.41, 5.74) is 5.12. The van der Waals surface area contributed by atoms with Gasteiger partial charge in [0, 0.05) is 13.1 Å². The fourth-order valence-corrected chi connectivity index (χ4v) is 3.29. The van der Waals surface area contributed by atoms with Gasteiger partial charge in [-0.3, -0.25) is 4.79 Å². The van der Waals surface area contributed by atoms with Crippen molar-refractivity contribution < 1.29 is 4.79 Å². The molecule has 0 spiro atoms. The lowest BCUT2D eigenvalue weighted by molar-refractivity contribution is 0.0734. The van der Waals surface area contributed by atoms with E-state index in [4.69, 9.17) is 0 Å². The van der Waals surface area contributed by atoms with Gasteiger partial charge in [0.15, 0.2) is 0 Å². The molecule has 4 nitrogen and oxygen atoms in total. The number of rotatable bonds is 2. The first-order valence-electron chi connectivity index (χ1n) is 8.20. The van der Waals surface area contributed by atoms with Crippen molar-refractivity contribution in [2.24, 2.45) is 0 Å². The number of amides is 1. The molecule has 0 saturated heterocycles. The van der Waals surface area contributed by atoms with E-state index in [1.807, 2.05) is 52.9 Å². The van der Waals surface area contributed by atoms with Crippen LogP contribution in [0.3, 0.4) is 0 Å². The summed E-state index contributed by atoms with van der Waals surface area (Å²) in [5, 5.41) is 4.42. The van der Waals surface area contributed by atoms with Crippen molar-refractivity contribution in [2.75, 3.05) is 6.54 Å². The van der Waals surface area contributed by atoms with E-state index < -0.39 is 0 Å². The number of para-hydroxylation sites is 1. The van der Waals surface area contributed by atoms with Crippen molar-refractivity contribution in [3.63, 3.8) is 0 Å².